The van der Waals surface area contributed by atoms with Gasteiger partial charge in [0, 0.05) is 32.4 Å². The number of ether oxygens (including phenoxy) is 1. The van der Waals surface area contributed by atoms with Crippen LogP contribution >= 0.6 is 0 Å². The van der Waals surface area contributed by atoms with Gasteiger partial charge in [0.25, 0.3) is 0 Å². The molecule has 4 nitrogen and oxygen atoms in total. The Morgan fingerprint density at radius 2 is 2.14 bits per heavy atom. The number of pyridine rings is 1. The fraction of sp³-hybridized carbons (Fsp3) is 0.333. The van der Waals surface area contributed by atoms with Gasteiger partial charge in [-0.1, -0.05) is 18.2 Å². The second-order valence-corrected chi connectivity index (χ2v) is 5.38. The molecule has 1 heterocycles. The summed E-state index contributed by atoms with van der Waals surface area (Å²) in [4.78, 5) is 17.8. The summed E-state index contributed by atoms with van der Waals surface area (Å²) in [5.41, 5.74) is 2.21. The maximum absolute atomic E-state index is 12.1. The molecule has 0 radical (unpaired) electrons. The highest BCUT2D eigenvalue weighted by Gasteiger charge is 2.09. The minimum Gasteiger partial charge on any atom is -0.494 e. The van der Waals surface area contributed by atoms with Crippen molar-refractivity contribution in [1.29, 1.82) is 0 Å². The molecule has 4 heteroatoms. The van der Waals surface area contributed by atoms with Crippen molar-refractivity contribution in [3.8, 4) is 5.75 Å². The normalized spacial score (nSPS) is 10.3. The fourth-order valence-electron chi connectivity index (χ4n) is 2.16. The number of hydrogen-bond acceptors (Lipinski definition) is 3. The van der Waals surface area contributed by atoms with Crippen molar-refractivity contribution >= 4 is 5.91 Å². The molecule has 0 aliphatic heterocycles. The summed E-state index contributed by atoms with van der Waals surface area (Å²) in [5, 5.41) is 0. The Bertz CT molecular complexity index is 599. The molecule has 0 spiro atoms. The molecular formula is C18H22N2O2. The molecule has 0 N–H and O–H groups in total. The van der Waals surface area contributed by atoms with Crippen molar-refractivity contribution in [3.05, 3.63) is 59.9 Å². The maximum Gasteiger partial charge on any atom is 0.222 e. The van der Waals surface area contributed by atoms with E-state index < -0.39 is 0 Å². The Kier molecular flexibility index (Phi) is 5.95. The summed E-state index contributed by atoms with van der Waals surface area (Å²) in [6, 6.07) is 11.8. The predicted octanol–water partition coefficient (Wildman–Crippen LogP) is 3.21. The van der Waals surface area contributed by atoms with Crippen LogP contribution in [-0.4, -0.2) is 29.4 Å². The van der Waals surface area contributed by atoms with Gasteiger partial charge in [0.1, 0.15) is 5.75 Å². The molecule has 0 unspecified atom stereocenters. The van der Waals surface area contributed by atoms with Crippen LogP contribution in [0.1, 0.15) is 24.0 Å². The molecular weight excluding hydrogens is 276 g/mol. The number of nitrogens with zero attached hydrogens (tertiary/aromatic N) is 2. The minimum absolute atomic E-state index is 0.122. The van der Waals surface area contributed by atoms with E-state index in [1.54, 1.807) is 17.3 Å². The Labute approximate surface area is 131 Å². The van der Waals surface area contributed by atoms with Crippen LogP contribution in [0.4, 0.5) is 0 Å². The number of amides is 1. The zero-order valence-electron chi connectivity index (χ0n) is 13.2. The zero-order chi connectivity index (χ0) is 15.8. The summed E-state index contributed by atoms with van der Waals surface area (Å²) >= 11 is 0. The third kappa shape index (κ3) is 5.20. The molecule has 1 aromatic heterocycles. The van der Waals surface area contributed by atoms with Crippen LogP contribution in [0.3, 0.4) is 0 Å². The summed E-state index contributed by atoms with van der Waals surface area (Å²) in [7, 11) is 1.82. The predicted molar refractivity (Wildman–Crippen MR) is 86.6 cm³/mol. The molecule has 116 valence electrons. The Balaban J connectivity index is 1.69. The molecule has 1 amide bonds. The lowest BCUT2D eigenvalue weighted by Gasteiger charge is -2.17. The van der Waals surface area contributed by atoms with Gasteiger partial charge < -0.3 is 9.64 Å². The van der Waals surface area contributed by atoms with Gasteiger partial charge >= 0.3 is 0 Å². The molecule has 1 aromatic carbocycles. The van der Waals surface area contributed by atoms with Crippen molar-refractivity contribution in [3.63, 3.8) is 0 Å². The van der Waals surface area contributed by atoms with E-state index in [-0.39, 0.29) is 5.91 Å². The summed E-state index contributed by atoms with van der Waals surface area (Å²) in [5.74, 6) is 0.979. The third-order valence-corrected chi connectivity index (χ3v) is 3.36. The van der Waals surface area contributed by atoms with Gasteiger partial charge in [-0.2, -0.15) is 0 Å². The molecule has 0 bridgehead atoms. The number of aromatic nitrogens is 1. The Morgan fingerprint density at radius 1 is 1.27 bits per heavy atom. The van der Waals surface area contributed by atoms with Crippen molar-refractivity contribution in [2.75, 3.05) is 13.7 Å². The van der Waals surface area contributed by atoms with Crippen molar-refractivity contribution in [1.82, 2.24) is 9.88 Å². The molecule has 0 saturated heterocycles. The fourth-order valence-corrected chi connectivity index (χ4v) is 2.16. The van der Waals surface area contributed by atoms with Crippen LogP contribution in [-0.2, 0) is 11.3 Å². The highest BCUT2D eigenvalue weighted by atomic mass is 16.5. The topological polar surface area (TPSA) is 42.4 Å². The van der Waals surface area contributed by atoms with Gasteiger partial charge in [0.2, 0.25) is 5.91 Å². The van der Waals surface area contributed by atoms with E-state index in [1.807, 2.05) is 50.4 Å². The standard InChI is InChI=1S/C18H22N2O2/c1-15-6-3-8-17(12-15)22-11-5-9-18(21)20(2)14-16-7-4-10-19-13-16/h3-4,6-8,10,12-13H,5,9,11,14H2,1-2H3. The van der Waals surface area contributed by atoms with Crippen molar-refractivity contribution in [2.24, 2.45) is 0 Å². The number of benzene rings is 1. The zero-order valence-corrected chi connectivity index (χ0v) is 13.2. The quantitative estimate of drug-likeness (QED) is 0.737. The average Bonchev–Trinajstić information content (AvgIpc) is 2.52. The minimum atomic E-state index is 0.122. The van der Waals surface area contributed by atoms with Gasteiger partial charge in [-0.15, -0.1) is 0 Å². The van der Waals surface area contributed by atoms with Crippen molar-refractivity contribution in [2.45, 2.75) is 26.3 Å². The Hall–Kier alpha value is -2.36. The molecule has 0 fully saturated rings. The van der Waals surface area contributed by atoms with Crippen molar-refractivity contribution < 1.29 is 9.53 Å². The molecule has 0 saturated carbocycles. The number of rotatable bonds is 7. The smallest absolute Gasteiger partial charge is 0.222 e. The number of hydrogen-bond donors (Lipinski definition) is 0. The SMILES string of the molecule is Cc1cccc(OCCCC(=O)N(C)Cc2cccnc2)c1. The molecule has 22 heavy (non-hydrogen) atoms. The molecule has 0 aliphatic carbocycles. The van der Waals surface area contributed by atoms with Gasteiger partial charge in [-0.3, -0.25) is 9.78 Å². The number of carbonyl (C=O) groups excluding carboxylic acids is 1. The maximum atomic E-state index is 12.1. The van der Waals surface area contributed by atoms with Crippen LogP contribution in [0.2, 0.25) is 0 Å². The lowest BCUT2D eigenvalue weighted by Crippen LogP contribution is -2.26. The van der Waals surface area contributed by atoms with Crippen LogP contribution < -0.4 is 4.74 Å². The van der Waals surface area contributed by atoms with Gasteiger partial charge in [0.15, 0.2) is 0 Å². The first-order valence-electron chi connectivity index (χ1n) is 7.47. The van der Waals surface area contributed by atoms with E-state index in [0.717, 1.165) is 11.3 Å². The highest BCUT2D eigenvalue weighted by Crippen LogP contribution is 2.13. The van der Waals surface area contributed by atoms with Crippen LogP contribution in [0.15, 0.2) is 48.8 Å². The first-order valence-corrected chi connectivity index (χ1v) is 7.47. The Morgan fingerprint density at radius 3 is 2.86 bits per heavy atom. The molecule has 2 aromatic rings. The number of aryl methyl sites for hydroxylation is 1. The van der Waals surface area contributed by atoms with E-state index in [2.05, 4.69) is 4.98 Å². The average molecular weight is 298 g/mol. The van der Waals surface area contributed by atoms with Crippen LogP contribution in [0.5, 0.6) is 5.75 Å². The second kappa shape index (κ2) is 8.17. The highest BCUT2D eigenvalue weighted by molar-refractivity contribution is 5.75. The number of carbonyl (C=O) groups is 1. The second-order valence-electron chi connectivity index (χ2n) is 5.38. The largest absolute Gasteiger partial charge is 0.494 e. The molecule has 2 rings (SSSR count). The summed E-state index contributed by atoms with van der Waals surface area (Å²) in [6.07, 6.45) is 4.71. The van der Waals surface area contributed by atoms with Crippen LogP contribution in [0.25, 0.3) is 0 Å². The van der Waals surface area contributed by atoms with Gasteiger partial charge in [0.05, 0.1) is 6.61 Å². The first-order chi connectivity index (χ1) is 10.6. The van der Waals surface area contributed by atoms with E-state index in [1.165, 1.54) is 5.56 Å². The summed E-state index contributed by atoms with van der Waals surface area (Å²) in [6.45, 7) is 3.17. The lowest BCUT2D eigenvalue weighted by atomic mass is 10.2. The lowest BCUT2D eigenvalue weighted by molar-refractivity contribution is -0.130. The van der Waals surface area contributed by atoms with E-state index >= 15 is 0 Å². The van der Waals surface area contributed by atoms with Gasteiger partial charge in [-0.05, 0) is 42.7 Å². The third-order valence-electron chi connectivity index (χ3n) is 3.36. The molecule has 0 aliphatic rings. The van der Waals surface area contributed by atoms with E-state index in [4.69, 9.17) is 4.74 Å². The molecule has 0 atom stereocenters. The van der Waals surface area contributed by atoms with Gasteiger partial charge in [-0.25, -0.2) is 0 Å². The summed E-state index contributed by atoms with van der Waals surface area (Å²) < 4.78 is 5.65. The van der Waals surface area contributed by atoms with Crippen LogP contribution in [0, 0.1) is 6.92 Å². The first kappa shape index (κ1) is 16.0. The van der Waals surface area contributed by atoms with E-state index in [9.17, 15) is 4.79 Å². The van der Waals surface area contributed by atoms with E-state index in [0.29, 0.717) is 26.0 Å². The monoisotopic (exact) mass is 298 g/mol.